The van der Waals surface area contributed by atoms with Gasteiger partial charge in [0.15, 0.2) is 0 Å². The number of hydrogen-bond donors (Lipinski definition) is 0. The molecule has 0 bridgehead atoms. The van der Waals surface area contributed by atoms with E-state index in [2.05, 4.69) is 25.9 Å². The van der Waals surface area contributed by atoms with E-state index in [-0.39, 0.29) is 5.82 Å². The summed E-state index contributed by atoms with van der Waals surface area (Å²) in [7, 11) is 3.92. The maximum Gasteiger partial charge on any atom is 0.130 e. The molecular formula is C14H17BrFN3. The fourth-order valence-electron chi connectivity index (χ4n) is 2.31. The normalized spacial score (nSPS) is 10.8. The predicted octanol–water partition coefficient (Wildman–Crippen LogP) is 3.40. The summed E-state index contributed by atoms with van der Waals surface area (Å²) in [4.78, 5) is 2.09. The SMILES string of the molecule is Cc1nn(C)c(N(C)Cc2cccc(F)c2)c1CBr. The lowest BCUT2D eigenvalue weighted by atomic mass is 10.2. The quantitative estimate of drug-likeness (QED) is 0.803. The van der Waals surface area contributed by atoms with Crippen molar-refractivity contribution in [3.05, 3.63) is 46.9 Å². The van der Waals surface area contributed by atoms with Gasteiger partial charge in [0.05, 0.1) is 5.69 Å². The van der Waals surface area contributed by atoms with Crippen molar-refractivity contribution in [2.45, 2.75) is 18.8 Å². The first-order valence-corrected chi connectivity index (χ1v) is 7.19. The molecule has 0 saturated heterocycles. The number of aryl methyl sites for hydroxylation is 2. The summed E-state index contributed by atoms with van der Waals surface area (Å²) in [5.74, 6) is 0.853. The van der Waals surface area contributed by atoms with Crippen LogP contribution in [-0.4, -0.2) is 16.8 Å². The van der Waals surface area contributed by atoms with Gasteiger partial charge in [-0.3, -0.25) is 4.68 Å². The van der Waals surface area contributed by atoms with E-state index in [9.17, 15) is 4.39 Å². The van der Waals surface area contributed by atoms with Crippen molar-refractivity contribution in [3.8, 4) is 0 Å². The van der Waals surface area contributed by atoms with Crippen LogP contribution in [0.3, 0.4) is 0 Å². The van der Waals surface area contributed by atoms with Crippen molar-refractivity contribution >= 4 is 21.7 Å². The summed E-state index contributed by atoms with van der Waals surface area (Å²) in [6.45, 7) is 2.65. The van der Waals surface area contributed by atoms with Crippen molar-refractivity contribution in [1.82, 2.24) is 9.78 Å². The molecular weight excluding hydrogens is 309 g/mol. The molecule has 0 N–H and O–H groups in total. The van der Waals surface area contributed by atoms with Crippen LogP contribution in [0.15, 0.2) is 24.3 Å². The number of halogens is 2. The summed E-state index contributed by atoms with van der Waals surface area (Å²) in [6, 6.07) is 6.68. The van der Waals surface area contributed by atoms with Gasteiger partial charge >= 0.3 is 0 Å². The molecule has 0 spiro atoms. The van der Waals surface area contributed by atoms with Crippen LogP contribution in [0.4, 0.5) is 10.2 Å². The molecule has 0 aliphatic heterocycles. The second kappa shape index (κ2) is 5.74. The lowest BCUT2D eigenvalue weighted by Crippen LogP contribution is -2.20. The molecule has 0 saturated carbocycles. The Balaban J connectivity index is 2.27. The van der Waals surface area contributed by atoms with Gasteiger partial charge in [0.1, 0.15) is 11.6 Å². The summed E-state index contributed by atoms with van der Waals surface area (Å²) >= 11 is 3.50. The second-order valence-corrected chi connectivity index (χ2v) is 5.19. The summed E-state index contributed by atoms with van der Waals surface area (Å²) in [5.41, 5.74) is 3.13. The minimum Gasteiger partial charge on any atom is -0.355 e. The van der Waals surface area contributed by atoms with Gasteiger partial charge in [-0.2, -0.15) is 5.10 Å². The third-order valence-electron chi connectivity index (χ3n) is 3.12. The molecule has 0 aliphatic carbocycles. The zero-order valence-corrected chi connectivity index (χ0v) is 12.9. The van der Waals surface area contributed by atoms with E-state index in [0.717, 1.165) is 22.4 Å². The van der Waals surface area contributed by atoms with Gasteiger partial charge in [-0.15, -0.1) is 0 Å². The molecule has 0 unspecified atom stereocenters. The van der Waals surface area contributed by atoms with Crippen LogP contribution in [-0.2, 0) is 18.9 Å². The van der Waals surface area contributed by atoms with Crippen LogP contribution in [0.25, 0.3) is 0 Å². The lowest BCUT2D eigenvalue weighted by molar-refractivity contribution is 0.624. The van der Waals surface area contributed by atoms with E-state index < -0.39 is 0 Å². The van der Waals surface area contributed by atoms with Crippen LogP contribution in [0.5, 0.6) is 0 Å². The Kier molecular flexibility index (Phi) is 4.24. The van der Waals surface area contributed by atoms with Crippen LogP contribution >= 0.6 is 15.9 Å². The number of nitrogens with zero attached hydrogens (tertiary/aromatic N) is 3. The highest BCUT2D eigenvalue weighted by atomic mass is 79.9. The summed E-state index contributed by atoms with van der Waals surface area (Å²) in [5, 5.41) is 5.19. The zero-order valence-electron chi connectivity index (χ0n) is 11.3. The van der Waals surface area contributed by atoms with Gasteiger partial charge in [0.2, 0.25) is 0 Å². The van der Waals surface area contributed by atoms with Gasteiger partial charge in [0, 0.05) is 31.5 Å². The Hall–Kier alpha value is -1.36. The van der Waals surface area contributed by atoms with E-state index in [1.165, 1.54) is 11.6 Å². The molecule has 5 heteroatoms. The van der Waals surface area contributed by atoms with E-state index in [1.54, 1.807) is 12.1 Å². The first kappa shape index (κ1) is 14.1. The molecule has 1 heterocycles. The molecule has 102 valence electrons. The molecule has 0 aliphatic rings. The minimum atomic E-state index is -0.201. The molecule has 0 amide bonds. The first-order valence-electron chi connectivity index (χ1n) is 6.07. The molecule has 0 radical (unpaired) electrons. The fraction of sp³-hybridized carbons (Fsp3) is 0.357. The van der Waals surface area contributed by atoms with Crippen molar-refractivity contribution < 1.29 is 4.39 Å². The Morgan fingerprint density at radius 2 is 2.16 bits per heavy atom. The van der Waals surface area contributed by atoms with Crippen LogP contribution in [0.2, 0.25) is 0 Å². The van der Waals surface area contributed by atoms with E-state index in [4.69, 9.17) is 0 Å². The van der Waals surface area contributed by atoms with Gasteiger partial charge < -0.3 is 4.90 Å². The van der Waals surface area contributed by atoms with Gasteiger partial charge in [-0.05, 0) is 24.6 Å². The number of hydrogen-bond acceptors (Lipinski definition) is 2. The average molecular weight is 326 g/mol. The Labute approximate surface area is 121 Å². The van der Waals surface area contributed by atoms with Crippen molar-refractivity contribution in [3.63, 3.8) is 0 Å². The summed E-state index contributed by atoms with van der Waals surface area (Å²) in [6.07, 6.45) is 0. The Bertz CT molecular complexity index is 580. The zero-order chi connectivity index (χ0) is 14.0. The number of aromatic nitrogens is 2. The molecule has 3 nitrogen and oxygen atoms in total. The second-order valence-electron chi connectivity index (χ2n) is 4.63. The highest BCUT2D eigenvalue weighted by molar-refractivity contribution is 9.08. The van der Waals surface area contributed by atoms with Crippen LogP contribution < -0.4 is 4.90 Å². The minimum absolute atomic E-state index is 0.201. The van der Waals surface area contributed by atoms with Crippen molar-refractivity contribution in [1.29, 1.82) is 0 Å². The third-order valence-corrected chi connectivity index (χ3v) is 3.68. The number of alkyl halides is 1. The highest BCUT2D eigenvalue weighted by Crippen LogP contribution is 2.25. The number of rotatable bonds is 4. The van der Waals surface area contributed by atoms with Crippen LogP contribution in [0.1, 0.15) is 16.8 Å². The first-order chi connectivity index (χ1) is 9.02. The van der Waals surface area contributed by atoms with Crippen molar-refractivity contribution in [2.75, 3.05) is 11.9 Å². The van der Waals surface area contributed by atoms with E-state index in [0.29, 0.717) is 6.54 Å². The largest absolute Gasteiger partial charge is 0.355 e. The number of benzene rings is 1. The average Bonchev–Trinajstić information content (AvgIpc) is 2.63. The molecule has 2 rings (SSSR count). The highest BCUT2D eigenvalue weighted by Gasteiger charge is 2.16. The standard InChI is InChI=1S/C14H17BrFN3/c1-10-13(8-15)14(19(3)17-10)18(2)9-11-5-4-6-12(16)7-11/h4-7H,8-9H2,1-3H3. The fourth-order valence-corrected chi connectivity index (χ4v) is 2.96. The molecule has 2 aromatic rings. The van der Waals surface area contributed by atoms with Crippen molar-refractivity contribution in [2.24, 2.45) is 7.05 Å². The van der Waals surface area contributed by atoms with E-state index >= 15 is 0 Å². The lowest BCUT2D eigenvalue weighted by Gasteiger charge is -2.20. The smallest absolute Gasteiger partial charge is 0.130 e. The van der Waals surface area contributed by atoms with Crippen LogP contribution in [0, 0.1) is 12.7 Å². The molecule has 0 atom stereocenters. The summed E-state index contributed by atoms with van der Waals surface area (Å²) < 4.78 is 15.1. The molecule has 0 fully saturated rings. The Morgan fingerprint density at radius 3 is 2.79 bits per heavy atom. The monoisotopic (exact) mass is 325 g/mol. The molecule has 19 heavy (non-hydrogen) atoms. The number of anilines is 1. The third kappa shape index (κ3) is 2.97. The Morgan fingerprint density at radius 1 is 1.42 bits per heavy atom. The molecule has 1 aromatic heterocycles. The maximum absolute atomic E-state index is 13.2. The maximum atomic E-state index is 13.2. The molecule has 1 aromatic carbocycles. The van der Waals surface area contributed by atoms with Gasteiger partial charge in [-0.1, -0.05) is 28.1 Å². The topological polar surface area (TPSA) is 21.1 Å². The predicted molar refractivity (Wildman–Crippen MR) is 79.1 cm³/mol. The van der Waals surface area contributed by atoms with E-state index in [1.807, 2.05) is 31.8 Å². The van der Waals surface area contributed by atoms with Gasteiger partial charge in [0.25, 0.3) is 0 Å². The van der Waals surface area contributed by atoms with Gasteiger partial charge in [-0.25, -0.2) is 4.39 Å².